The van der Waals surface area contributed by atoms with Gasteiger partial charge < -0.3 is 10.1 Å². The van der Waals surface area contributed by atoms with E-state index in [1.54, 1.807) is 0 Å². The van der Waals surface area contributed by atoms with E-state index in [1.165, 1.54) is 19.3 Å². The third kappa shape index (κ3) is 4.63. The lowest BCUT2D eigenvalue weighted by Crippen LogP contribution is -2.37. The molecule has 1 aliphatic rings. The van der Waals surface area contributed by atoms with Crippen molar-refractivity contribution in [1.29, 1.82) is 5.26 Å². The average Bonchev–Trinajstić information content (AvgIpc) is 2.34. The number of nitriles is 1. The molecule has 1 saturated carbocycles. The number of amides is 1. The van der Waals surface area contributed by atoms with Gasteiger partial charge in [-0.2, -0.15) is 5.26 Å². The molecule has 0 aromatic rings. The normalized spacial score (nSPS) is 18.8. The number of rotatable bonds is 5. The molecule has 1 amide bonds. The Morgan fingerprint density at radius 2 is 2.19 bits per heavy atom. The Morgan fingerprint density at radius 1 is 1.50 bits per heavy atom. The van der Waals surface area contributed by atoms with Crippen molar-refractivity contribution < 1.29 is 9.53 Å². The zero-order valence-electron chi connectivity index (χ0n) is 9.87. The van der Waals surface area contributed by atoms with Crippen molar-refractivity contribution in [2.75, 3.05) is 6.61 Å². The summed E-state index contributed by atoms with van der Waals surface area (Å²) >= 11 is 0. The van der Waals surface area contributed by atoms with Crippen LogP contribution in [0.2, 0.25) is 0 Å². The van der Waals surface area contributed by atoms with Crippen molar-refractivity contribution in [3.05, 3.63) is 0 Å². The van der Waals surface area contributed by atoms with Gasteiger partial charge in [0.1, 0.15) is 12.6 Å². The van der Waals surface area contributed by atoms with Crippen molar-refractivity contribution in [1.82, 2.24) is 5.32 Å². The van der Waals surface area contributed by atoms with Gasteiger partial charge in [-0.05, 0) is 19.3 Å². The Morgan fingerprint density at radius 3 is 2.75 bits per heavy atom. The van der Waals surface area contributed by atoms with Crippen LogP contribution in [0.3, 0.4) is 0 Å². The minimum Gasteiger partial charge on any atom is -0.368 e. The largest absolute Gasteiger partial charge is 0.368 e. The molecular formula is C12H20N2O2. The molecule has 1 atom stereocenters. The van der Waals surface area contributed by atoms with Crippen LogP contribution in [0.25, 0.3) is 0 Å². The Kier molecular flexibility index (Phi) is 5.87. The lowest BCUT2D eigenvalue weighted by molar-refractivity contribution is -0.128. The van der Waals surface area contributed by atoms with Gasteiger partial charge in [-0.25, -0.2) is 0 Å². The third-order valence-corrected chi connectivity index (χ3v) is 2.90. The van der Waals surface area contributed by atoms with Gasteiger partial charge in [-0.3, -0.25) is 4.79 Å². The minimum absolute atomic E-state index is 0.0862. The number of hydrogen-bond acceptors (Lipinski definition) is 3. The topological polar surface area (TPSA) is 62.1 Å². The van der Waals surface area contributed by atoms with Crippen LogP contribution in [-0.4, -0.2) is 24.7 Å². The van der Waals surface area contributed by atoms with E-state index in [2.05, 4.69) is 5.32 Å². The summed E-state index contributed by atoms with van der Waals surface area (Å²) in [5.74, 6) is -0.182. The first kappa shape index (κ1) is 13.0. The van der Waals surface area contributed by atoms with Crippen molar-refractivity contribution in [3.63, 3.8) is 0 Å². The third-order valence-electron chi connectivity index (χ3n) is 2.90. The molecule has 90 valence electrons. The molecule has 1 fully saturated rings. The lowest BCUT2D eigenvalue weighted by atomic mass is 9.98. The van der Waals surface area contributed by atoms with E-state index in [9.17, 15) is 4.79 Å². The maximum atomic E-state index is 11.4. The van der Waals surface area contributed by atoms with E-state index >= 15 is 0 Å². The lowest BCUT2D eigenvalue weighted by Gasteiger charge is -2.21. The van der Waals surface area contributed by atoms with Crippen molar-refractivity contribution >= 4 is 5.91 Å². The second kappa shape index (κ2) is 7.24. The average molecular weight is 224 g/mol. The van der Waals surface area contributed by atoms with Crippen LogP contribution in [0.15, 0.2) is 0 Å². The van der Waals surface area contributed by atoms with Crippen molar-refractivity contribution in [2.24, 2.45) is 0 Å². The summed E-state index contributed by atoms with van der Waals surface area (Å²) in [4.78, 5) is 11.4. The van der Waals surface area contributed by atoms with E-state index in [-0.39, 0.29) is 24.7 Å². The van der Waals surface area contributed by atoms with E-state index < -0.39 is 0 Å². The molecule has 0 heterocycles. The Bertz CT molecular complexity index is 254. The Balaban J connectivity index is 2.16. The number of carbonyl (C=O) groups excluding carboxylic acids is 1. The molecule has 1 rings (SSSR count). The molecule has 4 heteroatoms. The monoisotopic (exact) mass is 224 g/mol. The molecule has 16 heavy (non-hydrogen) atoms. The molecule has 1 N–H and O–H groups in total. The maximum Gasteiger partial charge on any atom is 0.247 e. The molecule has 0 aromatic heterocycles. The van der Waals surface area contributed by atoms with E-state index in [0.717, 1.165) is 12.8 Å². The van der Waals surface area contributed by atoms with Crippen LogP contribution >= 0.6 is 0 Å². The summed E-state index contributed by atoms with van der Waals surface area (Å²) in [6, 6.07) is 1.65. The molecule has 0 radical (unpaired) electrons. The predicted molar refractivity (Wildman–Crippen MR) is 60.7 cm³/mol. The summed E-state index contributed by atoms with van der Waals surface area (Å²) in [5, 5.41) is 11.3. The fourth-order valence-corrected chi connectivity index (χ4v) is 1.89. The first-order valence-electron chi connectivity index (χ1n) is 6.06. The fourth-order valence-electron chi connectivity index (χ4n) is 1.89. The van der Waals surface area contributed by atoms with Crippen LogP contribution in [0, 0.1) is 11.3 Å². The first-order valence-corrected chi connectivity index (χ1v) is 6.06. The van der Waals surface area contributed by atoms with Crippen LogP contribution in [-0.2, 0) is 9.53 Å². The molecule has 0 spiro atoms. The van der Waals surface area contributed by atoms with Gasteiger partial charge in [-0.15, -0.1) is 0 Å². The molecule has 1 unspecified atom stereocenters. The summed E-state index contributed by atoms with van der Waals surface area (Å²) in [6.07, 6.45) is 6.65. The van der Waals surface area contributed by atoms with Gasteiger partial charge in [0.2, 0.25) is 5.91 Å². The van der Waals surface area contributed by atoms with E-state index in [0.29, 0.717) is 6.42 Å². The van der Waals surface area contributed by atoms with Gasteiger partial charge in [0.15, 0.2) is 0 Å². The minimum atomic E-state index is -0.387. The van der Waals surface area contributed by atoms with E-state index in [1.807, 2.05) is 13.0 Å². The molecule has 0 aliphatic heterocycles. The number of nitrogens with one attached hydrogen (secondary N) is 1. The quantitative estimate of drug-likeness (QED) is 0.774. The molecule has 0 bridgehead atoms. The van der Waals surface area contributed by atoms with Crippen LogP contribution in [0.1, 0.15) is 45.4 Å². The van der Waals surface area contributed by atoms with Crippen molar-refractivity contribution in [3.8, 4) is 6.07 Å². The smallest absolute Gasteiger partial charge is 0.247 e. The highest BCUT2D eigenvalue weighted by atomic mass is 16.5. The number of nitrogens with zero attached hydrogens (tertiary/aromatic N) is 1. The summed E-state index contributed by atoms with van der Waals surface area (Å²) < 4.78 is 5.51. The van der Waals surface area contributed by atoms with Crippen molar-refractivity contribution in [2.45, 2.75) is 57.6 Å². The van der Waals surface area contributed by atoms with Crippen LogP contribution in [0.5, 0.6) is 0 Å². The second-order valence-corrected chi connectivity index (χ2v) is 4.23. The van der Waals surface area contributed by atoms with Gasteiger partial charge in [-0.1, -0.05) is 26.2 Å². The number of ether oxygens (including phenoxy) is 1. The van der Waals surface area contributed by atoms with Crippen LogP contribution in [0.4, 0.5) is 0 Å². The van der Waals surface area contributed by atoms with E-state index in [4.69, 9.17) is 10.00 Å². The van der Waals surface area contributed by atoms with Gasteiger partial charge >= 0.3 is 0 Å². The van der Waals surface area contributed by atoms with Gasteiger partial charge in [0.25, 0.3) is 0 Å². The second-order valence-electron chi connectivity index (χ2n) is 4.23. The number of hydrogen-bond donors (Lipinski definition) is 1. The standard InChI is InChI=1S/C12H20N2O2/c1-2-10(8-13)14-12(15)9-16-11-6-4-3-5-7-11/h10-11H,2-7,9H2,1H3,(H,14,15). The molecular weight excluding hydrogens is 204 g/mol. The predicted octanol–water partition coefficient (Wildman–Crippen LogP) is 1.75. The Hall–Kier alpha value is -1.08. The van der Waals surface area contributed by atoms with Gasteiger partial charge in [0, 0.05) is 0 Å². The molecule has 1 aliphatic carbocycles. The SMILES string of the molecule is CCC(C#N)NC(=O)COC1CCCCC1. The van der Waals surface area contributed by atoms with Gasteiger partial charge in [0.05, 0.1) is 12.2 Å². The summed E-state index contributed by atoms with van der Waals surface area (Å²) in [5.41, 5.74) is 0. The highest BCUT2D eigenvalue weighted by molar-refractivity contribution is 5.77. The molecule has 0 aromatic carbocycles. The van der Waals surface area contributed by atoms with Crippen LogP contribution < -0.4 is 5.32 Å². The zero-order chi connectivity index (χ0) is 11.8. The molecule has 0 saturated heterocycles. The fraction of sp³-hybridized carbons (Fsp3) is 0.833. The zero-order valence-corrected chi connectivity index (χ0v) is 9.87. The maximum absolute atomic E-state index is 11.4. The highest BCUT2D eigenvalue weighted by Crippen LogP contribution is 2.19. The molecule has 4 nitrogen and oxygen atoms in total. The summed E-state index contributed by atoms with van der Waals surface area (Å²) in [7, 11) is 0. The highest BCUT2D eigenvalue weighted by Gasteiger charge is 2.16. The number of carbonyl (C=O) groups is 1. The Labute approximate surface area is 97.0 Å². The summed E-state index contributed by atoms with van der Waals surface area (Å²) in [6.45, 7) is 1.96. The first-order chi connectivity index (χ1) is 7.76.